The lowest BCUT2D eigenvalue weighted by Gasteiger charge is -2.37. The first-order valence-corrected chi connectivity index (χ1v) is 14.6. The molecule has 1 N–H and O–H groups in total. The van der Waals surface area contributed by atoms with Crippen molar-refractivity contribution >= 4 is 39.5 Å². The zero-order valence-corrected chi connectivity index (χ0v) is 24.6. The first kappa shape index (κ1) is 26.4. The van der Waals surface area contributed by atoms with Crippen molar-refractivity contribution in [1.29, 1.82) is 0 Å². The second kappa shape index (κ2) is 10.1. The third-order valence-corrected chi connectivity index (χ3v) is 9.19. The summed E-state index contributed by atoms with van der Waals surface area (Å²) in [5.41, 5.74) is 5.12. The smallest absolute Gasteiger partial charge is 0.206 e. The zero-order chi connectivity index (χ0) is 28.4. The predicted octanol–water partition coefficient (Wildman–Crippen LogP) is 3.13. The highest BCUT2D eigenvalue weighted by atomic mass is 19.1. The van der Waals surface area contributed by atoms with Crippen LogP contribution in [0.25, 0.3) is 33.3 Å². The summed E-state index contributed by atoms with van der Waals surface area (Å²) in [4.78, 5) is 24.1. The summed E-state index contributed by atoms with van der Waals surface area (Å²) in [5.74, 6) is 2.55. The highest BCUT2D eigenvalue weighted by Gasteiger charge is 2.33. The Labute approximate surface area is 239 Å². The minimum absolute atomic E-state index is 0.255. The minimum atomic E-state index is -1.06. The summed E-state index contributed by atoms with van der Waals surface area (Å²) in [6.45, 7) is 7.18. The van der Waals surface area contributed by atoms with Gasteiger partial charge in [0.05, 0.1) is 35.2 Å². The first-order chi connectivity index (χ1) is 19.8. The van der Waals surface area contributed by atoms with Crippen molar-refractivity contribution in [2.75, 3.05) is 75.2 Å². The van der Waals surface area contributed by atoms with Gasteiger partial charge >= 0.3 is 0 Å². The maximum absolute atomic E-state index is 14.7. The van der Waals surface area contributed by atoms with Crippen molar-refractivity contribution in [1.82, 2.24) is 34.6 Å². The molecule has 12 heteroatoms. The number of methoxy groups -OCH3 is 1. The summed E-state index contributed by atoms with van der Waals surface area (Å²) in [6, 6.07) is 4.73. The molecule has 3 saturated heterocycles. The molecule has 3 aliphatic heterocycles. The summed E-state index contributed by atoms with van der Waals surface area (Å²) in [5, 5.41) is 8.79. The standard InChI is InChI=1S/C29H39FN10O/c1-17-25-19(13-24(31-17)39-10-8-23(41-5)20(30)16-39)26(35-34-25)21-14-22-27(28(32-21)36(2)3)33-29(37(22)4)40-12-11-38-9-6-7-18(38)15-40/h13-14,18,20,23H,6-12,15-16H2,1-5H3,(H,34,35)/t18-,20-,23+/m1/s1. The molecule has 0 radical (unpaired) electrons. The third-order valence-electron chi connectivity index (χ3n) is 9.19. The van der Waals surface area contributed by atoms with E-state index >= 15 is 0 Å². The number of fused-ring (bicyclic) bond motifs is 3. The molecule has 218 valence electrons. The van der Waals surface area contributed by atoms with Crippen LogP contribution in [-0.4, -0.2) is 113 Å². The van der Waals surface area contributed by atoms with Gasteiger partial charge in [-0.25, -0.2) is 19.3 Å². The number of imidazole rings is 1. The van der Waals surface area contributed by atoms with E-state index in [-0.39, 0.29) is 12.6 Å². The van der Waals surface area contributed by atoms with Gasteiger partial charge in [0.1, 0.15) is 23.0 Å². The van der Waals surface area contributed by atoms with E-state index in [1.54, 1.807) is 7.11 Å². The molecule has 7 heterocycles. The Balaban J connectivity index is 1.30. The lowest BCUT2D eigenvalue weighted by atomic mass is 10.1. The summed E-state index contributed by atoms with van der Waals surface area (Å²) in [6.07, 6.45) is 1.74. The Hall–Kier alpha value is -3.51. The summed E-state index contributed by atoms with van der Waals surface area (Å²) >= 11 is 0. The average Bonchev–Trinajstić information content (AvgIpc) is 3.69. The van der Waals surface area contributed by atoms with Gasteiger partial charge < -0.3 is 24.0 Å². The molecular formula is C29H39FN10O. The molecule has 0 bridgehead atoms. The molecule has 0 spiro atoms. The number of rotatable bonds is 5. The van der Waals surface area contributed by atoms with Crippen molar-refractivity contribution in [3.8, 4) is 11.4 Å². The Morgan fingerprint density at radius 1 is 1.00 bits per heavy atom. The maximum Gasteiger partial charge on any atom is 0.206 e. The van der Waals surface area contributed by atoms with Crippen LogP contribution in [0, 0.1) is 6.92 Å². The van der Waals surface area contributed by atoms with Gasteiger partial charge in [0, 0.05) is 65.9 Å². The van der Waals surface area contributed by atoms with Crippen molar-refractivity contribution in [2.45, 2.75) is 44.5 Å². The molecule has 0 saturated carbocycles. The third kappa shape index (κ3) is 4.39. The molecule has 3 fully saturated rings. The Morgan fingerprint density at radius 3 is 2.63 bits per heavy atom. The fourth-order valence-corrected chi connectivity index (χ4v) is 6.92. The second-order valence-electron chi connectivity index (χ2n) is 11.9. The van der Waals surface area contributed by atoms with Gasteiger partial charge in [-0.05, 0) is 44.9 Å². The van der Waals surface area contributed by atoms with E-state index in [0.29, 0.717) is 19.0 Å². The average molecular weight is 563 g/mol. The molecule has 0 unspecified atom stereocenters. The number of alkyl halides is 1. The Kier molecular flexibility index (Phi) is 6.50. The molecule has 4 aromatic heterocycles. The monoisotopic (exact) mass is 562 g/mol. The van der Waals surface area contributed by atoms with Crippen molar-refractivity contribution in [3.63, 3.8) is 0 Å². The molecular weight excluding hydrogens is 523 g/mol. The van der Waals surface area contributed by atoms with Gasteiger partial charge in [-0.15, -0.1) is 0 Å². The van der Waals surface area contributed by atoms with Gasteiger partial charge in [0.2, 0.25) is 5.95 Å². The van der Waals surface area contributed by atoms with Gasteiger partial charge in [0.25, 0.3) is 0 Å². The number of nitrogens with one attached hydrogen (secondary N) is 1. The van der Waals surface area contributed by atoms with Crippen molar-refractivity contribution in [2.24, 2.45) is 7.05 Å². The summed E-state index contributed by atoms with van der Waals surface area (Å²) < 4.78 is 22.3. The van der Waals surface area contributed by atoms with E-state index < -0.39 is 6.17 Å². The van der Waals surface area contributed by atoms with Gasteiger partial charge in [0.15, 0.2) is 5.82 Å². The predicted molar refractivity (Wildman–Crippen MR) is 160 cm³/mol. The van der Waals surface area contributed by atoms with Crippen LogP contribution in [0.3, 0.4) is 0 Å². The zero-order valence-electron chi connectivity index (χ0n) is 24.6. The number of halogens is 1. The summed E-state index contributed by atoms with van der Waals surface area (Å²) in [7, 11) is 7.69. The topological polar surface area (TPSA) is 94.5 Å². The van der Waals surface area contributed by atoms with Crippen LogP contribution in [-0.2, 0) is 11.8 Å². The van der Waals surface area contributed by atoms with Crippen molar-refractivity contribution < 1.29 is 9.13 Å². The fraction of sp³-hybridized carbons (Fsp3) is 0.586. The number of anilines is 3. The van der Waals surface area contributed by atoms with E-state index in [9.17, 15) is 4.39 Å². The number of hydrogen-bond acceptors (Lipinski definition) is 9. The van der Waals surface area contributed by atoms with Gasteiger partial charge in [-0.2, -0.15) is 5.10 Å². The van der Waals surface area contributed by atoms with Gasteiger partial charge in [-0.1, -0.05) is 0 Å². The molecule has 0 aliphatic carbocycles. The SMILES string of the molecule is CO[C@H]1CCN(c2cc3c(-c4cc5c(nc(N6CCN7CCC[C@@H]7C6)n5C)c(N(C)C)n4)[nH]nc3c(C)n2)C[C@H]1F. The number of ether oxygens (including phenoxy) is 1. The van der Waals surface area contributed by atoms with Crippen LogP contribution < -0.4 is 14.7 Å². The quantitative estimate of drug-likeness (QED) is 0.394. The fourth-order valence-electron chi connectivity index (χ4n) is 6.92. The largest absolute Gasteiger partial charge is 0.378 e. The van der Waals surface area contributed by atoms with E-state index in [0.717, 1.165) is 76.2 Å². The number of aryl methyl sites for hydroxylation is 2. The number of H-pyrrole nitrogens is 1. The number of piperazine rings is 1. The molecule has 41 heavy (non-hydrogen) atoms. The molecule has 3 atom stereocenters. The van der Waals surface area contributed by atoms with E-state index in [1.165, 1.54) is 19.4 Å². The second-order valence-corrected chi connectivity index (χ2v) is 11.9. The van der Waals surface area contributed by atoms with Crippen LogP contribution in [0.15, 0.2) is 12.1 Å². The normalized spacial score (nSPS) is 23.6. The van der Waals surface area contributed by atoms with Crippen LogP contribution in [0.2, 0.25) is 0 Å². The maximum atomic E-state index is 14.7. The highest BCUT2D eigenvalue weighted by molar-refractivity contribution is 5.98. The van der Waals surface area contributed by atoms with E-state index in [2.05, 4.69) is 37.7 Å². The molecule has 0 amide bonds. The van der Waals surface area contributed by atoms with Gasteiger partial charge in [-0.3, -0.25) is 10.00 Å². The Bertz CT molecular complexity index is 1600. The Morgan fingerprint density at radius 2 is 1.85 bits per heavy atom. The number of piperidine rings is 1. The number of aromatic amines is 1. The lowest BCUT2D eigenvalue weighted by molar-refractivity contribution is 0.0195. The van der Waals surface area contributed by atoms with Crippen LogP contribution in [0.5, 0.6) is 0 Å². The molecule has 0 aromatic carbocycles. The van der Waals surface area contributed by atoms with Crippen molar-refractivity contribution in [3.05, 3.63) is 17.8 Å². The van der Waals surface area contributed by atoms with Crippen LogP contribution in [0.1, 0.15) is 25.0 Å². The van der Waals surface area contributed by atoms with Crippen LogP contribution in [0.4, 0.5) is 22.0 Å². The minimum Gasteiger partial charge on any atom is -0.378 e. The number of nitrogens with zero attached hydrogens (tertiary/aromatic N) is 9. The highest BCUT2D eigenvalue weighted by Crippen LogP contribution is 2.36. The number of aromatic nitrogens is 6. The van der Waals surface area contributed by atoms with Crippen LogP contribution >= 0.6 is 0 Å². The molecule has 11 nitrogen and oxygen atoms in total. The first-order valence-electron chi connectivity index (χ1n) is 14.6. The molecule has 3 aliphatic rings. The molecule has 7 rings (SSSR count). The lowest BCUT2D eigenvalue weighted by Crippen LogP contribution is -2.50. The van der Waals surface area contributed by atoms with E-state index in [1.807, 2.05) is 36.9 Å². The number of hydrogen-bond donors (Lipinski definition) is 1. The number of pyridine rings is 2. The van der Waals surface area contributed by atoms with E-state index in [4.69, 9.17) is 19.7 Å². The molecule has 4 aromatic rings.